The second kappa shape index (κ2) is 58.7. The number of carbonyl (C=O) groups excluding carboxylic acids is 3. The van der Waals surface area contributed by atoms with Gasteiger partial charge in [-0.25, -0.2) is 0 Å². The van der Waals surface area contributed by atoms with E-state index in [1.54, 1.807) is 0 Å². The van der Waals surface area contributed by atoms with E-state index in [0.717, 1.165) is 89.9 Å². The molecule has 0 rings (SSSR count). The highest BCUT2D eigenvalue weighted by Gasteiger charge is 2.19. The lowest BCUT2D eigenvalue weighted by atomic mass is 10.0. The molecule has 0 N–H and O–H groups in total. The van der Waals surface area contributed by atoms with Gasteiger partial charge in [-0.15, -0.1) is 0 Å². The zero-order valence-electron chi connectivity index (χ0n) is 46.5. The van der Waals surface area contributed by atoms with Gasteiger partial charge in [0.15, 0.2) is 6.10 Å². The predicted molar refractivity (Wildman–Crippen MR) is 302 cm³/mol. The molecule has 70 heavy (non-hydrogen) atoms. The van der Waals surface area contributed by atoms with Crippen LogP contribution in [0.1, 0.15) is 310 Å². The first kappa shape index (κ1) is 67.1. The van der Waals surface area contributed by atoms with Crippen molar-refractivity contribution >= 4 is 17.9 Å². The number of allylic oxidation sites excluding steroid dienone is 10. The molecule has 0 amide bonds. The van der Waals surface area contributed by atoms with Crippen LogP contribution in [0.4, 0.5) is 0 Å². The zero-order chi connectivity index (χ0) is 50.7. The Labute approximate surface area is 434 Å². The maximum absolute atomic E-state index is 12.9. The lowest BCUT2D eigenvalue weighted by Gasteiger charge is -2.18. The van der Waals surface area contributed by atoms with Gasteiger partial charge in [0.1, 0.15) is 13.2 Å². The van der Waals surface area contributed by atoms with E-state index in [1.165, 1.54) is 180 Å². The summed E-state index contributed by atoms with van der Waals surface area (Å²) in [6, 6.07) is 0. The van der Waals surface area contributed by atoms with Crippen molar-refractivity contribution in [1.29, 1.82) is 0 Å². The molecule has 0 saturated heterocycles. The van der Waals surface area contributed by atoms with E-state index in [1.807, 2.05) is 0 Å². The van der Waals surface area contributed by atoms with Gasteiger partial charge in [0.25, 0.3) is 0 Å². The average molecular weight is 980 g/mol. The van der Waals surface area contributed by atoms with Gasteiger partial charge < -0.3 is 14.2 Å². The Morgan fingerprint density at radius 2 is 0.529 bits per heavy atom. The predicted octanol–water partition coefficient (Wildman–Crippen LogP) is 20.4. The number of ether oxygens (including phenoxy) is 3. The van der Waals surface area contributed by atoms with Crippen LogP contribution < -0.4 is 0 Å². The number of unbranched alkanes of at least 4 members (excludes halogenated alkanes) is 37. The maximum atomic E-state index is 12.9. The van der Waals surface area contributed by atoms with Crippen molar-refractivity contribution in [2.75, 3.05) is 13.2 Å². The van der Waals surface area contributed by atoms with Gasteiger partial charge in [-0.05, 0) is 70.6 Å². The Bertz CT molecular complexity index is 1260. The lowest BCUT2D eigenvalue weighted by molar-refractivity contribution is -0.167. The quantitative estimate of drug-likeness (QED) is 0.0199. The average Bonchev–Trinajstić information content (AvgIpc) is 3.36. The van der Waals surface area contributed by atoms with E-state index < -0.39 is 6.10 Å². The van der Waals surface area contributed by atoms with Crippen LogP contribution >= 0.6 is 0 Å². The van der Waals surface area contributed by atoms with Crippen molar-refractivity contribution in [2.24, 2.45) is 0 Å². The molecule has 1 atom stereocenters. The van der Waals surface area contributed by atoms with Gasteiger partial charge in [-0.3, -0.25) is 14.4 Å². The molecule has 0 aromatic heterocycles. The fourth-order valence-electron chi connectivity index (χ4n) is 8.75. The monoisotopic (exact) mass is 979 g/mol. The summed E-state index contributed by atoms with van der Waals surface area (Å²) < 4.78 is 16.9. The second-order valence-corrected chi connectivity index (χ2v) is 20.4. The number of hydrogen-bond donors (Lipinski definition) is 0. The van der Waals surface area contributed by atoms with E-state index in [2.05, 4.69) is 81.5 Å². The lowest BCUT2D eigenvalue weighted by Crippen LogP contribution is -2.30. The first-order valence-corrected chi connectivity index (χ1v) is 30.3. The summed E-state index contributed by atoms with van der Waals surface area (Å²) in [5.41, 5.74) is 0. The first-order valence-electron chi connectivity index (χ1n) is 30.3. The van der Waals surface area contributed by atoms with E-state index in [9.17, 15) is 14.4 Å². The molecule has 0 aliphatic rings. The molecule has 1 unspecified atom stereocenters. The summed E-state index contributed by atoms with van der Waals surface area (Å²) in [5, 5.41) is 0. The molecular formula is C64H114O6. The molecule has 0 radical (unpaired) electrons. The minimum absolute atomic E-state index is 0.0837. The molecule has 0 heterocycles. The first-order chi connectivity index (χ1) is 34.5. The van der Waals surface area contributed by atoms with Crippen LogP contribution in [0.25, 0.3) is 0 Å². The fourth-order valence-corrected chi connectivity index (χ4v) is 8.75. The smallest absolute Gasteiger partial charge is 0.306 e. The Hall–Kier alpha value is -2.89. The van der Waals surface area contributed by atoms with Gasteiger partial charge in [0.2, 0.25) is 0 Å². The van der Waals surface area contributed by atoms with Crippen molar-refractivity contribution in [1.82, 2.24) is 0 Å². The highest BCUT2D eigenvalue weighted by molar-refractivity contribution is 5.71. The van der Waals surface area contributed by atoms with Gasteiger partial charge in [-0.1, -0.05) is 281 Å². The minimum Gasteiger partial charge on any atom is -0.462 e. The fraction of sp³-hybridized carbons (Fsp3) is 0.797. The number of rotatable bonds is 55. The molecule has 0 fully saturated rings. The van der Waals surface area contributed by atoms with E-state index >= 15 is 0 Å². The van der Waals surface area contributed by atoms with Gasteiger partial charge >= 0.3 is 17.9 Å². The van der Waals surface area contributed by atoms with Crippen LogP contribution in [0.15, 0.2) is 60.8 Å². The van der Waals surface area contributed by atoms with Crippen molar-refractivity contribution in [2.45, 2.75) is 316 Å². The van der Waals surface area contributed by atoms with Crippen LogP contribution in [0, 0.1) is 0 Å². The van der Waals surface area contributed by atoms with Crippen molar-refractivity contribution in [3.8, 4) is 0 Å². The van der Waals surface area contributed by atoms with Crippen LogP contribution in [0.5, 0.6) is 0 Å². The topological polar surface area (TPSA) is 78.9 Å². The highest BCUT2D eigenvalue weighted by atomic mass is 16.6. The largest absolute Gasteiger partial charge is 0.462 e. The van der Waals surface area contributed by atoms with Crippen molar-refractivity contribution in [3.63, 3.8) is 0 Å². The number of esters is 3. The second-order valence-electron chi connectivity index (χ2n) is 20.4. The molecule has 0 bridgehead atoms. The third-order valence-electron chi connectivity index (χ3n) is 13.3. The van der Waals surface area contributed by atoms with Gasteiger partial charge in [0.05, 0.1) is 0 Å². The normalized spacial score (nSPS) is 12.4. The summed E-state index contributed by atoms with van der Waals surface area (Å²) in [6.45, 7) is 6.61. The summed E-state index contributed by atoms with van der Waals surface area (Å²) >= 11 is 0. The molecule has 0 aliphatic carbocycles. The summed E-state index contributed by atoms with van der Waals surface area (Å²) in [4.78, 5) is 38.2. The van der Waals surface area contributed by atoms with E-state index in [4.69, 9.17) is 14.2 Å². The molecule has 0 aromatic carbocycles. The molecule has 6 nitrogen and oxygen atoms in total. The van der Waals surface area contributed by atoms with Gasteiger partial charge in [0, 0.05) is 19.3 Å². The summed E-state index contributed by atoms with van der Waals surface area (Å²) in [7, 11) is 0. The molecule has 0 saturated carbocycles. The molecule has 0 aliphatic heterocycles. The van der Waals surface area contributed by atoms with E-state index in [-0.39, 0.29) is 31.1 Å². The standard InChI is InChI=1S/C64H114O6/c1-4-7-10-13-16-19-22-25-28-31-33-36-39-42-45-48-51-54-57-63(66)69-60-61(59-68-62(65)56-53-50-47-44-41-38-35-30-27-24-21-18-15-12-9-6-3)70-64(67)58-55-52-49-46-43-40-37-34-32-29-26-23-20-17-14-11-8-5-2/h16,19,22,25,28,30-31,33,35-36,61H,4-15,17-18,20-21,23-24,26-27,29,32,34,37-60H2,1-3H3/b19-16-,25-22-,31-28-,35-30-,36-33-. The Kier molecular flexibility index (Phi) is 56.3. The van der Waals surface area contributed by atoms with Crippen LogP contribution in [-0.2, 0) is 28.6 Å². The third-order valence-corrected chi connectivity index (χ3v) is 13.3. The number of carbonyl (C=O) groups is 3. The molecule has 0 spiro atoms. The SMILES string of the molecule is CCCCC\C=C/C=C\C=C/C=C\CCCCCCCC(=O)OCC(COC(=O)CCCCCCC/C=C\CCCCCCCCC)OC(=O)CCCCCCCCCCCCCCCCCCCC. The minimum atomic E-state index is -0.786. The Morgan fingerprint density at radius 1 is 0.286 bits per heavy atom. The Balaban J connectivity index is 4.41. The third kappa shape index (κ3) is 56.0. The van der Waals surface area contributed by atoms with Crippen LogP contribution in [0.2, 0.25) is 0 Å². The molecular weight excluding hydrogens is 865 g/mol. The summed E-state index contributed by atoms with van der Waals surface area (Å²) in [5.74, 6) is -0.898. The number of hydrogen-bond acceptors (Lipinski definition) is 6. The van der Waals surface area contributed by atoms with Crippen LogP contribution in [0.3, 0.4) is 0 Å². The van der Waals surface area contributed by atoms with Crippen LogP contribution in [-0.4, -0.2) is 37.2 Å². The van der Waals surface area contributed by atoms with E-state index in [0.29, 0.717) is 19.3 Å². The molecule has 406 valence electrons. The highest BCUT2D eigenvalue weighted by Crippen LogP contribution is 2.17. The van der Waals surface area contributed by atoms with Gasteiger partial charge in [-0.2, -0.15) is 0 Å². The van der Waals surface area contributed by atoms with Crippen molar-refractivity contribution < 1.29 is 28.6 Å². The zero-order valence-corrected chi connectivity index (χ0v) is 46.5. The molecule has 0 aromatic rings. The van der Waals surface area contributed by atoms with Crippen molar-refractivity contribution in [3.05, 3.63) is 60.8 Å². The molecule has 6 heteroatoms. The maximum Gasteiger partial charge on any atom is 0.306 e. The summed E-state index contributed by atoms with van der Waals surface area (Å²) in [6.07, 6.45) is 73.5. The Morgan fingerprint density at radius 3 is 0.871 bits per heavy atom.